The molecule has 1 N–H and O–H groups in total. The van der Waals surface area contributed by atoms with Gasteiger partial charge in [-0.1, -0.05) is 18.2 Å². The molecule has 19 heavy (non-hydrogen) atoms. The topological polar surface area (TPSA) is 12.0 Å². The summed E-state index contributed by atoms with van der Waals surface area (Å²) in [6, 6.07) is 10.8. The normalized spacial score (nSPS) is 11.4. The fraction of sp³-hybridized carbons (Fsp3) is 0.143. The minimum atomic E-state index is -4.37. The first-order chi connectivity index (χ1) is 8.97. The van der Waals surface area contributed by atoms with Gasteiger partial charge in [-0.2, -0.15) is 13.2 Å². The van der Waals surface area contributed by atoms with E-state index in [1.165, 1.54) is 36.4 Å². The highest BCUT2D eigenvalue weighted by atomic mass is 19.4. The molecule has 0 bridgehead atoms. The van der Waals surface area contributed by atoms with Gasteiger partial charge in [-0.05, 0) is 35.9 Å². The zero-order valence-electron chi connectivity index (χ0n) is 9.84. The van der Waals surface area contributed by atoms with Crippen LogP contribution in [0.1, 0.15) is 11.1 Å². The molecule has 0 saturated heterocycles. The molecule has 0 saturated carbocycles. The van der Waals surface area contributed by atoms with Crippen LogP contribution >= 0.6 is 0 Å². The Morgan fingerprint density at radius 2 is 1.53 bits per heavy atom. The van der Waals surface area contributed by atoms with Gasteiger partial charge in [0.15, 0.2) is 0 Å². The highest BCUT2D eigenvalue weighted by Gasteiger charge is 2.32. The van der Waals surface area contributed by atoms with Crippen molar-refractivity contribution in [1.82, 2.24) is 0 Å². The maximum absolute atomic E-state index is 12.7. The van der Waals surface area contributed by atoms with Gasteiger partial charge >= 0.3 is 6.18 Å². The second-order valence-corrected chi connectivity index (χ2v) is 4.02. The molecule has 1 nitrogen and oxygen atoms in total. The Morgan fingerprint density at radius 3 is 2.16 bits per heavy atom. The van der Waals surface area contributed by atoms with Gasteiger partial charge in [-0.3, -0.25) is 0 Å². The summed E-state index contributed by atoms with van der Waals surface area (Å²) in [4.78, 5) is 0. The molecule has 2 aromatic rings. The molecule has 0 aliphatic heterocycles. The Labute approximate surface area is 107 Å². The third-order valence-corrected chi connectivity index (χ3v) is 2.65. The van der Waals surface area contributed by atoms with Crippen molar-refractivity contribution in [3.05, 3.63) is 65.5 Å². The van der Waals surface area contributed by atoms with Crippen molar-refractivity contribution in [2.75, 3.05) is 5.32 Å². The molecule has 0 amide bonds. The quantitative estimate of drug-likeness (QED) is 0.811. The van der Waals surface area contributed by atoms with Crippen molar-refractivity contribution < 1.29 is 17.6 Å². The van der Waals surface area contributed by atoms with E-state index in [9.17, 15) is 17.6 Å². The third kappa shape index (κ3) is 3.47. The maximum Gasteiger partial charge on any atom is 0.416 e. The molecule has 0 heterocycles. The number of halogens is 4. The van der Waals surface area contributed by atoms with Gasteiger partial charge in [0.2, 0.25) is 0 Å². The van der Waals surface area contributed by atoms with E-state index in [4.69, 9.17) is 0 Å². The second-order valence-electron chi connectivity index (χ2n) is 4.02. The fourth-order valence-corrected chi connectivity index (χ4v) is 1.72. The van der Waals surface area contributed by atoms with Crippen LogP contribution in [0, 0.1) is 5.82 Å². The van der Waals surface area contributed by atoms with E-state index < -0.39 is 11.7 Å². The number of hydrogen-bond acceptors (Lipinski definition) is 1. The van der Waals surface area contributed by atoms with Gasteiger partial charge in [0, 0.05) is 12.2 Å². The van der Waals surface area contributed by atoms with Crippen LogP contribution in [0.3, 0.4) is 0 Å². The molecule has 0 aromatic heterocycles. The van der Waals surface area contributed by atoms with Crippen LogP contribution in [-0.2, 0) is 12.7 Å². The lowest BCUT2D eigenvalue weighted by atomic mass is 10.1. The van der Waals surface area contributed by atoms with Crippen LogP contribution in [0.15, 0.2) is 48.5 Å². The van der Waals surface area contributed by atoms with Crippen molar-refractivity contribution >= 4 is 5.69 Å². The van der Waals surface area contributed by atoms with E-state index in [0.717, 1.165) is 6.07 Å². The van der Waals surface area contributed by atoms with E-state index >= 15 is 0 Å². The number of alkyl halides is 3. The zero-order valence-corrected chi connectivity index (χ0v) is 9.84. The monoisotopic (exact) mass is 269 g/mol. The highest BCUT2D eigenvalue weighted by Crippen LogP contribution is 2.32. The average molecular weight is 269 g/mol. The molecule has 2 rings (SSSR count). The summed E-state index contributed by atoms with van der Waals surface area (Å²) < 4.78 is 50.9. The average Bonchev–Trinajstić information content (AvgIpc) is 2.37. The minimum absolute atomic E-state index is 0.0291. The summed E-state index contributed by atoms with van der Waals surface area (Å²) in [5, 5.41) is 2.83. The summed E-state index contributed by atoms with van der Waals surface area (Å²) >= 11 is 0. The lowest BCUT2D eigenvalue weighted by Crippen LogP contribution is -2.11. The summed E-state index contributed by atoms with van der Waals surface area (Å²) in [6.45, 7) is 0.0291. The van der Waals surface area contributed by atoms with Crippen LogP contribution in [0.2, 0.25) is 0 Å². The van der Waals surface area contributed by atoms with Gasteiger partial charge in [0.25, 0.3) is 0 Å². The Morgan fingerprint density at radius 1 is 0.895 bits per heavy atom. The Hall–Kier alpha value is -2.04. The van der Waals surface area contributed by atoms with Crippen molar-refractivity contribution in [2.24, 2.45) is 0 Å². The summed E-state index contributed by atoms with van der Waals surface area (Å²) in [5.41, 5.74) is 0.0577. The van der Waals surface area contributed by atoms with Crippen molar-refractivity contribution in [3.8, 4) is 0 Å². The maximum atomic E-state index is 12.7. The largest absolute Gasteiger partial charge is 0.416 e. The van der Waals surface area contributed by atoms with Gasteiger partial charge in [0.1, 0.15) is 5.82 Å². The SMILES string of the molecule is Fc1ccc(NCc2ccccc2C(F)(F)F)cc1. The van der Waals surface area contributed by atoms with Crippen molar-refractivity contribution in [2.45, 2.75) is 12.7 Å². The molecule has 0 radical (unpaired) electrons. The summed E-state index contributed by atoms with van der Waals surface area (Å²) in [5.74, 6) is -0.388. The molecule has 0 unspecified atom stereocenters. The molecule has 0 aliphatic rings. The first-order valence-electron chi connectivity index (χ1n) is 5.61. The van der Waals surface area contributed by atoms with E-state index in [1.807, 2.05) is 0 Å². The number of rotatable bonds is 3. The van der Waals surface area contributed by atoms with Crippen LogP contribution in [0.5, 0.6) is 0 Å². The zero-order chi connectivity index (χ0) is 13.9. The Bertz CT molecular complexity index is 546. The lowest BCUT2D eigenvalue weighted by Gasteiger charge is -2.13. The number of benzene rings is 2. The number of hydrogen-bond donors (Lipinski definition) is 1. The van der Waals surface area contributed by atoms with E-state index in [1.54, 1.807) is 6.07 Å². The first kappa shape index (κ1) is 13.4. The molecule has 0 atom stereocenters. The van der Waals surface area contributed by atoms with Crippen LogP contribution < -0.4 is 5.32 Å². The molecule has 2 aromatic carbocycles. The molecular formula is C14H11F4N. The molecule has 0 aliphatic carbocycles. The summed E-state index contributed by atoms with van der Waals surface area (Å²) in [6.07, 6.45) is -4.37. The third-order valence-electron chi connectivity index (χ3n) is 2.65. The van der Waals surface area contributed by atoms with Crippen molar-refractivity contribution in [3.63, 3.8) is 0 Å². The molecule has 100 valence electrons. The number of nitrogens with one attached hydrogen (secondary N) is 1. The van der Waals surface area contributed by atoms with Crippen molar-refractivity contribution in [1.29, 1.82) is 0 Å². The molecule has 0 spiro atoms. The smallest absolute Gasteiger partial charge is 0.381 e. The minimum Gasteiger partial charge on any atom is -0.381 e. The van der Waals surface area contributed by atoms with Crippen LogP contribution in [0.4, 0.5) is 23.2 Å². The fourth-order valence-electron chi connectivity index (χ4n) is 1.72. The number of anilines is 1. The second kappa shape index (κ2) is 5.30. The highest BCUT2D eigenvalue weighted by molar-refractivity contribution is 5.44. The van der Waals surface area contributed by atoms with Crippen LogP contribution in [0.25, 0.3) is 0 Å². The lowest BCUT2D eigenvalue weighted by molar-refractivity contribution is -0.138. The van der Waals surface area contributed by atoms with E-state index in [0.29, 0.717) is 5.69 Å². The molecule has 0 fully saturated rings. The molecule has 5 heteroatoms. The van der Waals surface area contributed by atoms with Gasteiger partial charge in [-0.25, -0.2) is 4.39 Å². The first-order valence-corrected chi connectivity index (χ1v) is 5.61. The predicted octanol–water partition coefficient (Wildman–Crippen LogP) is 4.46. The van der Waals surface area contributed by atoms with E-state index in [2.05, 4.69) is 5.32 Å². The molecular weight excluding hydrogens is 258 g/mol. The standard InChI is InChI=1S/C14H11F4N/c15-11-5-7-12(8-6-11)19-9-10-3-1-2-4-13(10)14(16,17)18/h1-8,19H,9H2. The van der Waals surface area contributed by atoms with Crippen LogP contribution in [-0.4, -0.2) is 0 Å². The van der Waals surface area contributed by atoms with E-state index in [-0.39, 0.29) is 17.9 Å². The Kier molecular flexibility index (Phi) is 3.74. The van der Waals surface area contributed by atoms with Gasteiger partial charge in [0.05, 0.1) is 5.56 Å². The van der Waals surface area contributed by atoms with Gasteiger partial charge < -0.3 is 5.32 Å². The van der Waals surface area contributed by atoms with Gasteiger partial charge in [-0.15, -0.1) is 0 Å². The predicted molar refractivity (Wildman–Crippen MR) is 65.2 cm³/mol. The summed E-state index contributed by atoms with van der Waals surface area (Å²) in [7, 11) is 0. The Balaban J connectivity index is 2.14.